The average molecular weight is 426 g/mol. The third-order valence-corrected chi connectivity index (χ3v) is 4.50. The number of carbonyl (C=O) groups is 2. The highest BCUT2D eigenvalue weighted by Crippen LogP contribution is 2.16. The Morgan fingerprint density at radius 2 is 1.19 bits per heavy atom. The fourth-order valence-corrected chi connectivity index (χ4v) is 2.94. The van der Waals surface area contributed by atoms with Gasteiger partial charge in [0.05, 0.1) is 41.0 Å². The first-order chi connectivity index (χ1) is 15.5. The van der Waals surface area contributed by atoms with Crippen LogP contribution in [0.1, 0.15) is 48.5 Å². The summed E-state index contributed by atoms with van der Waals surface area (Å²) >= 11 is 0. The second-order valence-corrected chi connectivity index (χ2v) is 6.85. The van der Waals surface area contributed by atoms with E-state index in [9.17, 15) is 14.7 Å². The van der Waals surface area contributed by atoms with Crippen molar-refractivity contribution in [3.8, 4) is 12.1 Å². The van der Waals surface area contributed by atoms with Crippen LogP contribution in [0.3, 0.4) is 0 Å². The highest BCUT2D eigenvalue weighted by molar-refractivity contribution is 5.95. The fraction of sp³-hybridized carbons (Fsp3) is 0.120. The number of rotatable bonds is 7. The van der Waals surface area contributed by atoms with E-state index < -0.39 is 11.9 Å². The van der Waals surface area contributed by atoms with Crippen molar-refractivity contribution < 1.29 is 24.2 Å². The minimum Gasteiger partial charge on any atom is -0.457 e. The number of ether oxygens (including phenoxy) is 2. The van der Waals surface area contributed by atoms with Crippen molar-refractivity contribution in [2.75, 3.05) is 0 Å². The molecule has 158 valence electrons. The van der Waals surface area contributed by atoms with Gasteiger partial charge in [-0.2, -0.15) is 10.5 Å². The molecule has 0 aliphatic rings. The number of nitriles is 2. The highest BCUT2D eigenvalue weighted by Gasteiger charge is 2.16. The SMILES string of the molecule is N#Cc1cccc(COC(=O)c2cc(CO)cc(C(=O)OCc3cccc(C#N)c3)c2)c1. The third kappa shape index (κ3) is 5.79. The lowest BCUT2D eigenvalue weighted by Crippen LogP contribution is -2.11. The van der Waals surface area contributed by atoms with Crippen LogP contribution < -0.4 is 0 Å². The van der Waals surface area contributed by atoms with Crippen LogP contribution in [0.4, 0.5) is 0 Å². The van der Waals surface area contributed by atoms with E-state index in [1.54, 1.807) is 48.5 Å². The molecule has 0 saturated heterocycles. The normalized spacial score (nSPS) is 9.97. The maximum atomic E-state index is 12.5. The molecule has 0 aliphatic heterocycles. The topological polar surface area (TPSA) is 120 Å². The first-order valence-corrected chi connectivity index (χ1v) is 9.59. The Balaban J connectivity index is 1.71. The number of aliphatic hydroxyl groups is 1. The maximum absolute atomic E-state index is 12.5. The van der Waals surface area contributed by atoms with E-state index in [0.29, 0.717) is 27.8 Å². The Bertz CT molecular complexity index is 1150. The van der Waals surface area contributed by atoms with E-state index >= 15 is 0 Å². The predicted molar refractivity (Wildman–Crippen MR) is 113 cm³/mol. The standard InChI is InChI=1S/C25H18N2O5/c26-12-17-3-1-5-19(7-17)15-31-24(29)22-9-21(14-28)10-23(11-22)25(30)32-16-20-6-2-4-18(8-20)13-27/h1-11,28H,14-16H2. The molecule has 0 radical (unpaired) electrons. The summed E-state index contributed by atoms with van der Waals surface area (Å²) in [5.41, 5.74) is 2.73. The zero-order valence-electron chi connectivity index (χ0n) is 16.9. The molecule has 0 saturated carbocycles. The molecule has 3 aromatic rings. The third-order valence-electron chi connectivity index (χ3n) is 4.50. The van der Waals surface area contributed by atoms with Crippen molar-refractivity contribution in [3.05, 3.63) is 106 Å². The zero-order chi connectivity index (χ0) is 22.9. The molecule has 0 bridgehead atoms. The highest BCUT2D eigenvalue weighted by atomic mass is 16.5. The van der Waals surface area contributed by atoms with Crippen molar-refractivity contribution in [2.24, 2.45) is 0 Å². The molecule has 0 aromatic heterocycles. The van der Waals surface area contributed by atoms with Gasteiger partial charge in [-0.1, -0.05) is 24.3 Å². The monoisotopic (exact) mass is 426 g/mol. The molecule has 7 heteroatoms. The zero-order valence-corrected chi connectivity index (χ0v) is 16.9. The quantitative estimate of drug-likeness (QED) is 0.573. The molecule has 0 spiro atoms. The van der Waals surface area contributed by atoms with Gasteiger partial charge in [0, 0.05) is 0 Å². The van der Waals surface area contributed by atoms with Crippen molar-refractivity contribution in [1.29, 1.82) is 10.5 Å². The summed E-state index contributed by atoms with van der Waals surface area (Å²) in [4.78, 5) is 25.0. The number of benzene rings is 3. The van der Waals surface area contributed by atoms with Crippen LogP contribution in [0.25, 0.3) is 0 Å². The van der Waals surface area contributed by atoms with E-state index in [1.165, 1.54) is 18.2 Å². The molecule has 0 heterocycles. The van der Waals surface area contributed by atoms with Gasteiger partial charge in [-0.25, -0.2) is 9.59 Å². The molecule has 3 rings (SSSR count). The van der Waals surface area contributed by atoms with Crippen LogP contribution in [-0.2, 0) is 29.3 Å². The second kappa shape index (κ2) is 10.5. The van der Waals surface area contributed by atoms with Gasteiger partial charge < -0.3 is 14.6 Å². The largest absolute Gasteiger partial charge is 0.457 e. The summed E-state index contributed by atoms with van der Waals surface area (Å²) in [5, 5.41) is 27.4. The second-order valence-electron chi connectivity index (χ2n) is 6.85. The minimum absolute atomic E-state index is 0.0489. The van der Waals surface area contributed by atoms with Crippen LogP contribution in [-0.4, -0.2) is 17.0 Å². The van der Waals surface area contributed by atoms with Gasteiger partial charge in [0.1, 0.15) is 13.2 Å². The number of aliphatic hydroxyl groups excluding tert-OH is 1. The minimum atomic E-state index is -0.682. The van der Waals surface area contributed by atoms with Crippen molar-refractivity contribution in [3.63, 3.8) is 0 Å². The molecule has 7 nitrogen and oxygen atoms in total. The van der Waals surface area contributed by atoms with E-state index in [1.807, 2.05) is 12.1 Å². The van der Waals surface area contributed by atoms with Crippen molar-refractivity contribution >= 4 is 11.9 Å². The van der Waals surface area contributed by atoms with Gasteiger partial charge in [-0.15, -0.1) is 0 Å². The average Bonchev–Trinajstić information content (AvgIpc) is 2.85. The lowest BCUT2D eigenvalue weighted by Gasteiger charge is -2.10. The fourth-order valence-electron chi connectivity index (χ4n) is 2.94. The molecular formula is C25H18N2O5. The van der Waals surface area contributed by atoms with E-state index in [2.05, 4.69) is 0 Å². The Kier molecular flexibility index (Phi) is 7.32. The molecule has 0 amide bonds. The molecule has 0 aliphatic carbocycles. The van der Waals surface area contributed by atoms with Crippen LogP contribution in [0.15, 0.2) is 66.7 Å². The Labute approximate surface area is 184 Å². The predicted octanol–water partition coefficient (Wildman–Crippen LogP) is 3.64. The Morgan fingerprint density at radius 3 is 1.59 bits per heavy atom. The molecule has 0 fully saturated rings. The lowest BCUT2D eigenvalue weighted by molar-refractivity contribution is 0.0470. The summed E-state index contributed by atoms with van der Waals surface area (Å²) in [7, 11) is 0. The van der Waals surface area contributed by atoms with E-state index in [0.717, 1.165) is 0 Å². The lowest BCUT2D eigenvalue weighted by atomic mass is 10.1. The maximum Gasteiger partial charge on any atom is 0.338 e. The smallest absolute Gasteiger partial charge is 0.338 e. The first kappa shape index (κ1) is 22.2. The summed E-state index contributed by atoms with van der Waals surface area (Å²) < 4.78 is 10.6. The van der Waals surface area contributed by atoms with Crippen LogP contribution in [0, 0.1) is 22.7 Å². The molecule has 1 N–H and O–H groups in total. The van der Waals surface area contributed by atoms with Crippen molar-refractivity contribution in [1.82, 2.24) is 0 Å². The first-order valence-electron chi connectivity index (χ1n) is 9.59. The molecule has 0 atom stereocenters. The van der Waals surface area contributed by atoms with Gasteiger partial charge in [-0.05, 0) is 59.2 Å². The summed E-state index contributed by atoms with van der Waals surface area (Å²) in [6, 6.07) is 21.6. The summed E-state index contributed by atoms with van der Waals surface area (Å²) in [6.07, 6.45) is 0. The van der Waals surface area contributed by atoms with Crippen molar-refractivity contribution in [2.45, 2.75) is 19.8 Å². The molecule has 0 unspecified atom stereocenters. The molecule has 32 heavy (non-hydrogen) atoms. The Morgan fingerprint density at radius 1 is 0.719 bits per heavy atom. The number of hydrogen-bond acceptors (Lipinski definition) is 7. The van der Waals surface area contributed by atoms with E-state index in [-0.39, 0.29) is 30.9 Å². The van der Waals surface area contributed by atoms with Gasteiger partial charge in [0.2, 0.25) is 0 Å². The van der Waals surface area contributed by atoms with Gasteiger partial charge in [-0.3, -0.25) is 0 Å². The van der Waals surface area contributed by atoms with Crippen LogP contribution >= 0.6 is 0 Å². The van der Waals surface area contributed by atoms with Gasteiger partial charge >= 0.3 is 11.9 Å². The van der Waals surface area contributed by atoms with E-state index in [4.69, 9.17) is 20.0 Å². The van der Waals surface area contributed by atoms with Gasteiger partial charge in [0.15, 0.2) is 0 Å². The summed E-state index contributed by atoms with van der Waals surface area (Å²) in [5.74, 6) is -1.36. The number of hydrogen-bond donors (Lipinski definition) is 1. The van der Waals surface area contributed by atoms with Crippen LogP contribution in [0.5, 0.6) is 0 Å². The summed E-state index contributed by atoms with van der Waals surface area (Å²) in [6.45, 7) is -0.477. The Hall–Kier alpha value is -4.46. The number of nitrogens with zero attached hydrogens (tertiary/aromatic N) is 2. The van der Waals surface area contributed by atoms with Crippen LogP contribution in [0.2, 0.25) is 0 Å². The van der Waals surface area contributed by atoms with Gasteiger partial charge in [0.25, 0.3) is 0 Å². The molecular weight excluding hydrogens is 408 g/mol. The molecule has 3 aromatic carbocycles. The number of esters is 2. The number of carbonyl (C=O) groups excluding carboxylic acids is 2.